The Balaban J connectivity index is 0.000000146. The number of rotatable bonds is 2. The smallest absolute Gasteiger partial charge is 0.0857 e. The maximum atomic E-state index is 4.14. The maximum Gasteiger partial charge on any atom is 0.0857 e. The van der Waals surface area contributed by atoms with Gasteiger partial charge in [0.05, 0.1) is 11.4 Å². The Hall–Kier alpha value is -2.82. The third kappa shape index (κ3) is 5.41. The van der Waals surface area contributed by atoms with Crippen molar-refractivity contribution in [2.24, 2.45) is 10.2 Å². The Morgan fingerprint density at radius 1 is 0.400 bits per heavy atom. The zero-order valence-electron chi connectivity index (χ0n) is 16.0. The molecule has 0 radical (unpaired) electrons. The van der Waals surface area contributed by atoms with Gasteiger partial charge in [-0.25, -0.2) is 0 Å². The Bertz CT molecular complexity index is 1140. The minimum absolute atomic E-state index is 0.839. The second-order valence-electron chi connectivity index (χ2n) is 6.70. The minimum Gasteiger partial charge on any atom is -0.151 e. The summed E-state index contributed by atoms with van der Waals surface area (Å²) < 4.78 is 2.07. The van der Waals surface area contributed by atoms with Crippen LogP contribution < -0.4 is 0 Å². The molecule has 0 heterocycles. The van der Waals surface area contributed by atoms with E-state index in [9.17, 15) is 0 Å². The second kappa shape index (κ2) is 9.79. The highest BCUT2D eigenvalue weighted by molar-refractivity contribution is 9.10. The molecule has 0 aromatic heterocycles. The monoisotopic (exact) mass is 516 g/mol. The third-order valence-electron chi connectivity index (χ3n) is 4.55. The number of hydrogen-bond donors (Lipinski definition) is 0. The van der Waals surface area contributed by atoms with Crippen LogP contribution in [-0.2, 0) is 0 Å². The Kier molecular flexibility index (Phi) is 6.67. The highest BCUT2D eigenvalue weighted by atomic mass is 79.9. The topological polar surface area (TPSA) is 24.7 Å². The standard InChI is InChI=1S/C14H10.C12H8Br2N2/c1-2-6-12-10-14-8-4-3-7-13(14)9-11(12)5-1;13-9-1-5-11(6-2-9)15-16-12-7-3-10(14)4-8-12/h1-10H;1-8H. The van der Waals surface area contributed by atoms with Crippen LogP contribution in [0.15, 0.2) is 128 Å². The number of halogens is 2. The first kappa shape index (κ1) is 20.5. The summed E-state index contributed by atoms with van der Waals surface area (Å²) >= 11 is 6.74. The summed E-state index contributed by atoms with van der Waals surface area (Å²) in [5, 5.41) is 13.5. The van der Waals surface area contributed by atoms with Gasteiger partial charge in [0, 0.05) is 8.95 Å². The van der Waals surface area contributed by atoms with Crippen molar-refractivity contribution in [1.29, 1.82) is 0 Å². The van der Waals surface area contributed by atoms with Gasteiger partial charge in [-0.3, -0.25) is 0 Å². The summed E-state index contributed by atoms with van der Waals surface area (Å²) in [7, 11) is 0. The zero-order valence-corrected chi connectivity index (χ0v) is 19.2. The fourth-order valence-corrected chi connectivity index (χ4v) is 3.54. The van der Waals surface area contributed by atoms with Gasteiger partial charge in [0.25, 0.3) is 0 Å². The Morgan fingerprint density at radius 3 is 1.00 bits per heavy atom. The van der Waals surface area contributed by atoms with Crippen LogP contribution in [0.5, 0.6) is 0 Å². The molecule has 0 amide bonds. The van der Waals surface area contributed by atoms with E-state index in [1.807, 2.05) is 48.5 Å². The summed E-state index contributed by atoms with van der Waals surface area (Å²) in [6, 6.07) is 36.8. The summed E-state index contributed by atoms with van der Waals surface area (Å²) in [6.07, 6.45) is 0. The predicted octanol–water partition coefficient (Wildman–Crippen LogP) is 9.62. The van der Waals surface area contributed by atoms with Crippen LogP contribution in [0.2, 0.25) is 0 Å². The van der Waals surface area contributed by atoms with Gasteiger partial charge < -0.3 is 0 Å². The molecule has 2 nitrogen and oxygen atoms in total. The molecule has 0 spiro atoms. The van der Waals surface area contributed by atoms with Crippen molar-refractivity contribution in [1.82, 2.24) is 0 Å². The van der Waals surface area contributed by atoms with Crippen LogP contribution in [-0.4, -0.2) is 0 Å². The van der Waals surface area contributed by atoms with E-state index in [0.717, 1.165) is 20.3 Å². The molecule has 5 aromatic rings. The quantitative estimate of drug-likeness (QED) is 0.164. The SMILES string of the molecule is Brc1ccc(N=Nc2ccc(Br)cc2)cc1.c1ccc2cc3ccccc3cc2c1. The molecule has 5 rings (SSSR count). The van der Waals surface area contributed by atoms with Gasteiger partial charge in [-0.05, 0) is 82.2 Å². The van der Waals surface area contributed by atoms with Crippen molar-refractivity contribution in [3.63, 3.8) is 0 Å². The fraction of sp³-hybridized carbons (Fsp3) is 0. The van der Waals surface area contributed by atoms with E-state index in [4.69, 9.17) is 0 Å². The molecule has 0 aliphatic carbocycles. The van der Waals surface area contributed by atoms with Crippen LogP contribution in [0.4, 0.5) is 11.4 Å². The van der Waals surface area contributed by atoms with Crippen molar-refractivity contribution >= 4 is 64.8 Å². The molecule has 0 saturated heterocycles. The second-order valence-corrected chi connectivity index (χ2v) is 8.53. The molecule has 0 fully saturated rings. The summed E-state index contributed by atoms with van der Waals surface area (Å²) in [5.41, 5.74) is 1.68. The molecular weight excluding hydrogens is 500 g/mol. The maximum absolute atomic E-state index is 4.14. The third-order valence-corrected chi connectivity index (χ3v) is 5.61. The Morgan fingerprint density at radius 2 is 0.700 bits per heavy atom. The van der Waals surface area contributed by atoms with E-state index in [-0.39, 0.29) is 0 Å². The molecule has 0 aliphatic rings. The summed E-state index contributed by atoms with van der Waals surface area (Å²) in [5.74, 6) is 0. The Labute approximate surface area is 192 Å². The van der Waals surface area contributed by atoms with Gasteiger partial charge in [0.1, 0.15) is 0 Å². The lowest BCUT2D eigenvalue weighted by molar-refractivity contribution is 1.23. The van der Waals surface area contributed by atoms with E-state index in [1.54, 1.807) is 0 Å². The first-order chi connectivity index (χ1) is 14.7. The average Bonchev–Trinajstić information content (AvgIpc) is 2.79. The van der Waals surface area contributed by atoms with Crippen molar-refractivity contribution in [2.45, 2.75) is 0 Å². The molecule has 0 unspecified atom stereocenters. The van der Waals surface area contributed by atoms with Gasteiger partial charge in [-0.1, -0.05) is 80.4 Å². The molecule has 4 heteroatoms. The molecule has 0 N–H and O–H groups in total. The van der Waals surface area contributed by atoms with Crippen LogP contribution in [0, 0.1) is 0 Å². The number of fused-ring (bicyclic) bond motifs is 2. The number of azo groups is 1. The van der Waals surface area contributed by atoms with E-state index >= 15 is 0 Å². The van der Waals surface area contributed by atoms with E-state index in [0.29, 0.717) is 0 Å². The molecule has 0 saturated carbocycles. The highest BCUT2D eigenvalue weighted by Crippen LogP contribution is 2.23. The van der Waals surface area contributed by atoms with Crippen molar-refractivity contribution in [3.8, 4) is 0 Å². The van der Waals surface area contributed by atoms with Gasteiger partial charge in [-0.15, -0.1) is 0 Å². The lowest BCUT2D eigenvalue weighted by Gasteiger charge is -2.00. The number of nitrogens with zero attached hydrogens (tertiary/aromatic N) is 2. The van der Waals surface area contributed by atoms with Gasteiger partial charge in [0.15, 0.2) is 0 Å². The van der Waals surface area contributed by atoms with Crippen LogP contribution >= 0.6 is 31.9 Å². The zero-order chi connectivity index (χ0) is 20.8. The molecule has 0 atom stereocenters. The minimum atomic E-state index is 0.839. The van der Waals surface area contributed by atoms with E-state index < -0.39 is 0 Å². The fourth-order valence-electron chi connectivity index (χ4n) is 3.01. The van der Waals surface area contributed by atoms with E-state index in [1.165, 1.54) is 21.5 Å². The lowest BCUT2D eigenvalue weighted by atomic mass is 10.0. The van der Waals surface area contributed by atoms with Crippen molar-refractivity contribution in [2.75, 3.05) is 0 Å². The normalized spacial score (nSPS) is 10.9. The van der Waals surface area contributed by atoms with E-state index in [2.05, 4.69) is 103 Å². The van der Waals surface area contributed by atoms with Gasteiger partial charge in [-0.2, -0.15) is 10.2 Å². The molecular formula is C26H18Br2N2. The first-order valence-corrected chi connectivity index (χ1v) is 11.1. The van der Waals surface area contributed by atoms with Crippen LogP contribution in [0.3, 0.4) is 0 Å². The first-order valence-electron chi connectivity index (χ1n) is 9.48. The van der Waals surface area contributed by atoms with Crippen molar-refractivity contribution < 1.29 is 0 Å². The lowest BCUT2D eigenvalue weighted by Crippen LogP contribution is -1.74. The van der Waals surface area contributed by atoms with Crippen LogP contribution in [0.1, 0.15) is 0 Å². The largest absolute Gasteiger partial charge is 0.151 e. The van der Waals surface area contributed by atoms with Gasteiger partial charge in [0.2, 0.25) is 0 Å². The summed E-state index contributed by atoms with van der Waals surface area (Å²) in [4.78, 5) is 0. The molecule has 0 aliphatic heterocycles. The number of benzene rings is 5. The van der Waals surface area contributed by atoms with Gasteiger partial charge >= 0.3 is 0 Å². The summed E-state index contributed by atoms with van der Waals surface area (Å²) in [6.45, 7) is 0. The van der Waals surface area contributed by atoms with Crippen molar-refractivity contribution in [3.05, 3.63) is 118 Å². The van der Waals surface area contributed by atoms with Crippen LogP contribution in [0.25, 0.3) is 21.5 Å². The predicted molar refractivity (Wildman–Crippen MR) is 134 cm³/mol. The molecule has 30 heavy (non-hydrogen) atoms. The average molecular weight is 518 g/mol. The molecule has 5 aromatic carbocycles. The molecule has 146 valence electrons. The molecule has 0 bridgehead atoms. The highest BCUT2D eigenvalue weighted by Gasteiger charge is 1.95. The number of hydrogen-bond acceptors (Lipinski definition) is 2.